The van der Waals surface area contributed by atoms with Crippen molar-refractivity contribution < 1.29 is 4.74 Å². The predicted molar refractivity (Wildman–Crippen MR) is 69.7 cm³/mol. The van der Waals surface area contributed by atoms with Crippen molar-refractivity contribution in [3.05, 3.63) is 0 Å². The largest absolute Gasteiger partial charge is 0.383 e. The van der Waals surface area contributed by atoms with Gasteiger partial charge in [0.1, 0.15) is 0 Å². The monoisotopic (exact) mass is 227 g/mol. The normalized spacial score (nSPS) is 27.9. The number of methoxy groups -OCH3 is 1. The van der Waals surface area contributed by atoms with Crippen LogP contribution in [0.25, 0.3) is 0 Å². The van der Waals surface area contributed by atoms with E-state index in [1.807, 2.05) is 0 Å². The van der Waals surface area contributed by atoms with Crippen LogP contribution in [0.5, 0.6) is 0 Å². The molecule has 1 saturated carbocycles. The highest BCUT2D eigenvalue weighted by atomic mass is 16.5. The van der Waals surface area contributed by atoms with Crippen LogP contribution in [0.1, 0.15) is 58.8 Å². The molecule has 0 heterocycles. The number of hydrogen-bond donors (Lipinski definition) is 1. The van der Waals surface area contributed by atoms with Gasteiger partial charge in [-0.2, -0.15) is 0 Å². The number of hydrogen-bond acceptors (Lipinski definition) is 2. The van der Waals surface area contributed by atoms with E-state index < -0.39 is 0 Å². The van der Waals surface area contributed by atoms with E-state index in [1.165, 1.54) is 44.9 Å². The zero-order chi connectivity index (χ0) is 11.8. The van der Waals surface area contributed by atoms with Crippen molar-refractivity contribution in [2.45, 2.75) is 70.9 Å². The molecule has 1 aliphatic carbocycles. The van der Waals surface area contributed by atoms with E-state index in [0.29, 0.717) is 6.04 Å². The van der Waals surface area contributed by atoms with Gasteiger partial charge in [-0.1, -0.05) is 26.7 Å². The minimum Gasteiger partial charge on any atom is -0.383 e. The van der Waals surface area contributed by atoms with E-state index in [1.54, 1.807) is 7.11 Å². The Hall–Kier alpha value is -0.0800. The highest BCUT2D eigenvalue weighted by Crippen LogP contribution is 2.27. The third-order valence-corrected chi connectivity index (χ3v) is 3.88. The average molecular weight is 227 g/mol. The van der Waals surface area contributed by atoms with Crippen LogP contribution in [-0.2, 0) is 4.74 Å². The van der Waals surface area contributed by atoms with Gasteiger partial charge in [0.25, 0.3) is 0 Å². The molecule has 0 aromatic carbocycles. The lowest BCUT2D eigenvalue weighted by Crippen LogP contribution is -2.42. The van der Waals surface area contributed by atoms with Gasteiger partial charge in [0.05, 0.1) is 6.61 Å². The molecular weight excluding hydrogens is 198 g/mol. The summed E-state index contributed by atoms with van der Waals surface area (Å²) < 4.78 is 5.23. The second-order valence-electron chi connectivity index (χ2n) is 5.23. The summed E-state index contributed by atoms with van der Waals surface area (Å²) in [4.78, 5) is 0. The molecule has 1 aliphatic rings. The summed E-state index contributed by atoms with van der Waals surface area (Å²) in [6.07, 6.45) is 9.54. The first-order valence-electron chi connectivity index (χ1n) is 7.05. The lowest BCUT2D eigenvalue weighted by molar-refractivity contribution is 0.149. The quantitative estimate of drug-likeness (QED) is 0.720. The van der Waals surface area contributed by atoms with Crippen LogP contribution in [0.2, 0.25) is 0 Å². The highest BCUT2D eigenvalue weighted by molar-refractivity contribution is 4.80. The molecule has 0 aromatic heterocycles. The standard InChI is InChI=1S/C14H29NO/c1-4-6-12-7-9-14(10-8-12)15-13(5-2)11-16-3/h12-15H,4-11H2,1-3H3. The fourth-order valence-corrected chi connectivity index (χ4v) is 2.84. The van der Waals surface area contributed by atoms with Crippen molar-refractivity contribution in [2.24, 2.45) is 5.92 Å². The van der Waals surface area contributed by atoms with E-state index in [-0.39, 0.29) is 0 Å². The summed E-state index contributed by atoms with van der Waals surface area (Å²) in [7, 11) is 1.79. The van der Waals surface area contributed by atoms with Gasteiger partial charge in [0, 0.05) is 19.2 Å². The summed E-state index contributed by atoms with van der Waals surface area (Å²) >= 11 is 0. The Morgan fingerprint density at radius 3 is 2.38 bits per heavy atom. The number of rotatable bonds is 7. The second-order valence-corrected chi connectivity index (χ2v) is 5.23. The summed E-state index contributed by atoms with van der Waals surface area (Å²) in [5.74, 6) is 1.01. The third-order valence-electron chi connectivity index (χ3n) is 3.88. The van der Waals surface area contributed by atoms with Gasteiger partial charge >= 0.3 is 0 Å². The minimum absolute atomic E-state index is 0.553. The molecule has 1 unspecified atom stereocenters. The summed E-state index contributed by atoms with van der Waals surface area (Å²) in [6, 6.07) is 1.30. The summed E-state index contributed by atoms with van der Waals surface area (Å²) in [5.41, 5.74) is 0. The third kappa shape index (κ3) is 4.84. The van der Waals surface area contributed by atoms with Gasteiger partial charge in [0.2, 0.25) is 0 Å². The fraction of sp³-hybridized carbons (Fsp3) is 1.00. The molecule has 1 N–H and O–H groups in total. The van der Waals surface area contributed by atoms with Crippen molar-refractivity contribution in [3.63, 3.8) is 0 Å². The SMILES string of the molecule is CCCC1CCC(NC(CC)COC)CC1. The first kappa shape index (κ1) is 14.0. The van der Waals surface area contributed by atoms with E-state index in [9.17, 15) is 0 Å². The molecule has 0 saturated heterocycles. The molecular formula is C14H29NO. The maximum Gasteiger partial charge on any atom is 0.0615 e. The zero-order valence-electron chi connectivity index (χ0n) is 11.3. The molecule has 0 amide bonds. The fourth-order valence-electron chi connectivity index (χ4n) is 2.84. The molecule has 2 heteroatoms. The molecule has 1 fully saturated rings. The van der Waals surface area contributed by atoms with Crippen LogP contribution in [0.3, 0.4) is 0 Å². The molecule has 1 atom stereocenters. The zero-order valence-corrected chi connectivity index (χ0v) is 11.3. The van der Waals surface area contributed by atoms with Gasteiger partial charge < -0.3 is 10.1 Å². The van der Waals surface area contributed by atoms with Crippen LogP contribution in [-0.4, -0.2) is 25.8 Å². The Balaban J connectivity index is 2.20. The van der Waals surface area contributed by atoms with Crippen LogP contribution in [0.15, 0.2) is 0 Å². The predicted octanol–water partition coefficient (Wildman–Crippen LogP) is 3.36. The molecule has 96 valence electrons. The lowest BCUT2D eigenvalue weighted by atomic mass is 9.83. The topological polar surface area (TPSA) is 21.3 Å². The van der Waals surface area contributed by atoms with Gasteiger partial charge in [-0.15, -0.1) is 0 Å². The van der Waals surface area contributed by atoms with Crippen molar-refractivity contribution >= 4 is 0 Å². The summed E-state index contributed by atoms with van der Waals surface area (Å²) in [6.45, 7) is 5.39. The van der Waals surface area contributed by atoms with Gasteiger partial charge in [-0.3, -0.25) is 0 Å². The van der Waals surface area contributed by atoms with Crippen LogP contribution in [0, 0.1) is 5.92 Å². The lowest BCUT2D eigenvalue weighted by Gasteiger charge is -2.31. The van der Waals surface area contributed by atoms with Crippen molar-refractivity contribution in [1.82, 2.24) is 5.32 Å². The molecule has 0 aromatic rings. The molecule has 16 heavy (non-hydrogen) atoms. The van der Waals surface area contributed by atoms with E-state index >= 15 is 0 Å². The Morgan fingerprint density at radius 2 is 1.88 bits per heavy atom. The maximum atomic E-state index is 5.23. The molecule has 2 nitrogen and oxygen atoms in total. The smallest absolute Gasteiger partial charge is 0.0615 e. The van der Waals surface area contributed by atoms with Crippen molar-refractivity contribution in [3.8, 4) is 0 Å². The Bertz CT molecular complexity index is 164. The Morgan fingerprint density at radius 1 is 1.19 bits per heavy atom. The first-order chi connectivity index (χ1) is 7.80. The average Bonchev–Trinajstić information content (AvgIpc) is 2.31. The molecule has 0 bridgehead atoms. The summed E-state index contributed by atoms with van der Waals surface area (Å²) in [5, 5.41) is 3.74. The van der Waals surface area contributed by atoms with E-state index in [4.69, 9.17) is 4.74 Å². The van der Waals surface area contributed by atoms with Gasteiger partial charge in [-0.25, -0.2) is 0 Å². The maximum absolute atomic E-state index is 5.23. The molecule has 0 spiro atoms. The van der Waals surface area contributed by atoms with Crippen molar-refractivity contribution in [2.75, 3.05) is 13.7 Å². The van der Waals surface area contributed by atoms with Crippen LogP contribution >= 0.6 is 0 Å². The Labute approximate surface area is 101 Å². The Kier molecular flexibility index (Phi) is 7.06. The van der Waals surface area contributed by atoms with Crippen molar-refractivity contribution in [1.29, 1.82) is 0 Å². The van der Waals surface area contributed by atoms with Crippen LogP contribution in [0.4, 0.5) is 0 Å². The molecule has 1 rings (SSSR count). The number of ether oxygens (including phenoxy) is 1. The molecule has 0 radical (unpaired) electrons. The second kappa shape index (κ2) is 8.08. The highest BCUT2D eigenvalue weighted by Gasteiger charge is 2.21. The van der Waals surface area contributed by atoms with Crippen LogP contribution < -0.4 is 5.32 Å². The minimum atomic E-state index is 0.553. The first-order valence-corrected chi connectivity index (χ1v) is 7.05. The number of nitrogens with one attached hydrogen (secondary N) is 1. The molecule has 0 aliphatic heterocycles. The van der Waals surface area contributed by atoms with Gasteiger partial charge in [-0.05, 0) is 38.0 Å². The van der Waals surface area contributed by atoms with E-state index in [0.717, 1.165) is 18.6 Å². The van der Waals surface area contributed by atoms with E-state index in [2.05, 4.69) is 19.2 Å². The van der Waals surface area contributed by atoms with Gasteiger partial charge in [0.15, 0.2) is 0 Å².